The molecule has 0 bridgehead atoms. The van der Waals surface area contributed by atoms with Crippen LogP contribution in [-0.2, 0) is 0 Å². The Kier molecular flexibility index (Phi) is 3.39. The number of rotatable bonds is 2. The predicted molar refractivity (Wildman–Crippen MR) is 77.5 cm³/mol. The second-order valence-electron chi connectivity index (χ2n) is 5.32. The van der Waals surface area contributed by atoms with Crippen LogP contribution in [0.5, 0.6) is 0 Å². The molecule has 1 saturated carbocycles. The summed E-state index contributed by atoms with van der Waals surface area (Å²) in [4.78, 5) is 0. The summed E-state index contributed by atoms with van der Waals surface area (Å²) in [6.45, 7) is 4.21. The summed E-state index contributed by atoms with van der Waals surface area (Å²) in [5.74, 6) is 1.53. The van der Waals surface area contributed by atoms with Crippen molar-refractivity contribution in [3.63, 3.8) is 0 Å². The fourth-order valence-corrected chi connectivity index (χ4v) is 3.72. The number of halogens is 1. The van der Waals surface area contributed by atoms with Crippen LogP contribution in [0.15, 0.2) is 16.6 Å². The predicted octanol–water partition coefficient (Wildman–Crippen LogP) is 3.70. The second-order valence-corrected chi connectivity index (χ2v) is 6.23. The van der Waals surface area contributed by atoms with Crippen molar-refractivity contribution in [2.24, 2.45) is 0 Å². The fourth-order valence-electron chi connectivity index (χ4n) is 3.03. The molecule has 0 saturated heterocycles. The first-order chi connectivity index (χ1) is 9.16. The van der Waals surface area contributed by atoms with E-state index >= 15 is 0 Å². The molecule has 1 aromatic carbocycles. The van der Waals surface area contributed by atoms with Crippen LogP contribution >= 0.6 is 15.9 Å². The molecule has 1 heterocycles. The molecule has 5 heteroatoms. The largest absolute Gasteiger partial charge is 0.197 e. The van der Waals surface area contributed by atoms with Crippen LogP contribution in [-0.4, -0.2) is 20.2 Å². The quantitative estimate of drug-likeness (QED) is 0.847. The number of hydrogen-bond acceptors (Lipinski definition) is 3. The first-order valence-electron chi connectivity index (χ1n) is 6.72. The molecule has 0 amide bonds. The van der Waals surface area contributed by atoms with Gasteiger partial charge in [-0.1, -0.05) is 28.8 Å². The molecule has 0 aliphatic heterocycles. The van der Waals surface area contributed by atoms with Gasteiger partial charge in [-0.25, -0.2) is 0 Å². The highest BCUT2D eigenvalue weighted by Crippen LogP contribution is 2.34. The lowest BCUT2D eigenvalue weighted by molar-refractivity contribution is 0.634. The van der Waals surface area contributed by atoms with Crippen LogP contribution < -0.4 is 0 Å². The summed E-state index contributed by atoms with van der Waals surface area (Å²) in [5.41, 5.74) is 3.51. The van der Waals surface area contributed by atoms with Gasteiger partial charge in [-0.2, -0.15) is 4.68 Å². The molecule has 1 fully saturated rings. The smallest absolute Gasteiger partial charge is 0.159 e. The third-order valence-electron chi connectivity index (χ3n) is 3.88. The van der Waals surface area contributed by atoms with Crippen LogP contribution in [0.1, 0.15) is 48.6 Å². The van der Waals surface area contributed by atoms with Gasteiger partial charge in [0.1, 0.15) is 0 Å². The lowest BCUT2D eigenvalue weighted by Crippen LogP contribution is -2.09. The minimum Gasteiger partial charge on any atom is -0.197 e. The summed E-state index contributed by atoms with van der Waals surface area (Å²) >= 11 is 3.53. The van der Waals surface area contributed by atoms with Crippen LogP contribution in [0.2, 0.25) is 0 Å². The molecule has 4 nitrogen and oxygen atoms in total. The van der Waals surface area contributed by atoms with Crippen molar-refractivity contribution in [2.45, 2.75) is 45.4 Å². The van der Waals surface area contributed by atoms with Crippen LogP contribution in [0.3, 0.4) is 0 Å². The Morgan fingerprint density at radius 1 is 1.16 bits per heavy atom. The molecule has 100 valence electrons. The van der Waals surface area contributed by atoms with Gasteiger partial charge in [0.15, 0.2) is 5.82 Å². The third-order valence-corrected chi connectivity index (χ3v) is 4.34. The number of nitrogens with zero attached hydrogens (tertiary/aromatic N) is 4. The molecule has 1 aromatic heterocycles. The van der Waals surface area contributed by atoms with E-state index in [4.69, 9.17) is 0 Å². The third kappa shape index (κ3) is 2.31. The number of tetrazole rings is 1. The zero-order valence-corrected chi connectivity index (χ0v) is 12.8. The average Bonchev–Trinajstić information content (AvgIpc) is 2.96. The first-order valence-corrected chi connectivity index (χ1v) is 7.51. The normalized spacial score (nSPS) is 16.2. The molecule has 1 aliphatic rings. The SMILES string of the molecule is Cc1cc(Br)cc(C)c1-n1nnnc1C1CCCC1. The number of aryl methyl sites for hydroxylation is 2. The van der Waals surface area contributed by atoms with Gasteiger partial charge in [0, 0.05) is 10.4 Å². The summed E-state index contributed by atoms with van der Waals surface area (Å²) in [5, 5.41) is 12.4. The number of benzene rings is 1. The van der Waals surface area contributed by atoms with Crippen molar-refractivity contribution in [1.82, 2.24) is 20.2 Å². The van der Waals surface area contributed by atoms with Gasteiger partial charge in [-0.15, -0.1) is 5.10 Å². The van der Waals surface area contributed by atoms with Gasteiger partial charge < -0.3 is 0 Å². The van der Waals surface area contributed by atoms with Crippen LogP contribution in [0, 0.1) is 13.8 Å². The molecule has 2 aromatic rings. The van der Waals surface area contributed by atoms with Crippen LogP contribution in [0.4, 0.5) is 0 Å². The molecule has 1 aliphatic carbocycles. The van der Waals surface area contributed by atoms with Crippen LogP contribution in [0.25, 0.3) is 5.69 Å². The van der Waals surface area contributed by atoms with E-state index in [2.05, 4.69) is 57.4 Å². The summed E-state index contributed by atoms with van der Waals surface area (Å²) in [7, 11) is 0. The van der Waals surface area contributed by atoms with E-state index in [0.717, 1.165) is 16.0 Å². The van der Waals surface area contributed by atoms with E-state index in [1.807, 2.05) is 4.68 Å². The van der Waals surface area contributed by atoms with E-state index in [1.54, 1.807) is 0 Å². The van der Waals surface area contributed by atoms with Crippen molar-refractivity contribution in [2.75, 3.05) is 0 Å². The Labute approximate surface area is 121 Å². The molecule has 0 N–H and O–H groups in total. The topological polar surface area (TPSA) is 43.6 Å². The van der Waals surface area contributed by atoms with E-state index in [9.17, 15) is 0 Å². The molecule has 19 heavy (non-hydrogen) atoms. The van der Waals surface area contributed by atoms with Crippen molar-refractivity contribution < 1.29 is 0 Å². The monoisotopic (exact) mass is 320 g/mol. The molecule has 0 spiro atoms. The maximum Gasteiger partial charge on any atom is 0.159 e. The lowest BCUT2D eigenvalue weighted by atomic mass is 10.1. The van der Waals surface area contributed by atoms with Crippen molar-refractivity contribution in [3.05, 3.63) is 33.6 Å². The standard InChI is InChI=1S/C14H17BrN4/c1-9-7-12(15)8-10(2)13(9)19-14(16-17-18-19)11-5-3-4-6-11/h7-8,11H,3-6H2,1-2H3. The zero-order chi connectivity index (χ0) is 13.4. The molecular formula is C14H17BrN4. The van der Waals surface area contributed by atoms with Gasteiger partial charge >= 0.3 is 0 Å². The zero-order valence-electron chi connectivity index (χ0n) is 11.2. The lowest BCUT2D eigenvalue weighted by Gasteiger charge is -2.14. The molecular weight excluding hydrogens is 304 g/mol. The van der Waals surface area contributed by atoms with E-state index in [-0.39, 0.29) is 0 Å². The van der Waals surface area contributed by atoms with Gasteiger partial charge in [0.05, 0.1) is 5.69 Å². The Hall–Kier alpha value is -1.23. The highest BCUT2D eigenvalue weighted by Gasteiger charge is 2.24. The molecule has 0 radical (unpaired) electrons. The maximum absolute atomic E-state index is 4.27. The Bertz CT molecular complexity index is 576. The Morgan fingerprint density at radius 2 is 1.79 bits per heavy atom. The maximum atomic E-state index is 4.27. The fraction of sp³-hybridized carbons (Fsp3) is 0.500. The van der Waals surface area contributed by atoms with E-state index < -0.39 is 0 Å². The minimum absolute atomic E-state index is 0.512. The summed E-state index contributed by atoms with van der Waals surface area (Å²) < 4.78 is 3.04. The van der Waals surface area contributed by atoms with Crippen molar-refractivity contribution in [1.29, 1.82) is 0 Å². The minimum atomic E-state index is 0.512. The highest BCUT2D eigenvalue weighted by atomic mass is 79.9. The van der Waals surface area contributed by atoms with Gasteiger partial charge in [0.25, 0.3) is 0 Å². The number of aromatic nitrogens is 4. The molecule has 3 rings (SSSR count). The highest BCUT2D eigenvalue weighted by molar-refractivity contribution is 9.10. The van der Waals surface area contributed by atoms with Gasteiger partial charge in [0.2, 0.25) is 0 Å². The Morgan fingerprint density at radius 3 is 2.42 bits per heavy atom. The van der Waals surface area contributed by atoms with E-state index in [0.29, 0.717) is 5.92 Å². The van der Waals surface area contributed by atoms with Gasteiger partial charge in [-0.05, 0) is 60.4 Å². The average molecular weight is 321 g/mol. The summed E-state index contributed by atoms with van der Waals surface area (Å²) in [6, 6.07) is 4.23. The number of hydrogen-bond donors (Lipinski definition) is 0. The molecule has 0 atom stereocenters. The van der Waals surface area contributed by atoms with E-state index in [1.165, 1.54) is 36.8 Å². The van der Waals surface area contributed by atoms with Crippen molar-refractivity contribution >= 4 is 15.9 Å². The van der Waals surface area contributed by atoms with Gasteiger partial charge in [-0.3, -0.25) is 0 Å². The first kappa shape index (κ1) is 12.8. The van der Waals surface area contributed by atoms with Crippen molar-refractivity contribution in [3.8, 4) is 5.69 Å². The second kappa shape index (κ2) is 5.04. The molecule has 0 unspecified atom stereocenters. The summed E-state index contributed by atoms with van der Waals surface area (Å²) in [6.07, 6.45) is 4.98. The Balaban J connectivity index is 2.10.